The number of carbonyl (C=O) groups is 1. The van der Waals surface area contributed by atoms with Crippen LogP contribution in [-0.2, 0) is 4.79 Å². The Labute approximate surface area is 92.3 Å². The summed E-state index contributed by atoms with van der Waals surface area (Å²) in [5.74, 6) is 0.185. The summed E-state index contributed by atoms with van der Waals surface area (Å²) in [5.41, 5.74) is 0. The lowest BCUT2D eigenvalue weighted by Gasteiger charge is -2.26. The van der Waals surface area contributed by atoms with Crippen molar-refractivity contribution in [2.45, 2.75) is 70.4 Å². The summed E-state index contributed by atoms with van der Waals surface area (Å²) >= 11 is 0. The third-order valence-electron chi connectivity index (χ3n) is 3.07. The van der Waals surface area contributed by atoms with E-state index in [0.29, 0.717) is 12.5 Å². The highest BCUT2D eigenvalue weighted by molar-refractivity contribution is 5.76. The quantitative estimate of drug-likeness (QED) is 0.686. The molecule has 3 heteroatoms. The molecule has 0 spiro atoms. The lowest BCUT2D eigenvalue weighted by molar-refractivity contribution is -0.122. The lowest BCUT2D eigenvalue weighted by Crippen LogP contribution is -2.38. The molecule has 1 fully saturated rings. The second kappa shape index (κ2) is 6.83. The number of unbranched alkanes of at least 4 members (excludes halogenated alkanes) is 2. The number of aliphatic hydroxyl groups is 1. The first kappa shape index (κ1) is 12.5. The first-order chi connectivity index (χ1) is 7.22. The van der Waals surface area contributed by atoms with Gasteiger partial charge in [-0.25, -0.2) is 0 Å². The first-order valence-electron chi connectivity index (χ1n) is 6.19. The third-order valence-corrected chi connectivity index (χ3v) is 3.07. The fourth-order valence-corrected chi connectivity index (χ4v) is 2.06. The van der Waals surface area contributed by atoms with Gasteiger partial charge in [0.15, 0.2) is 0 Å². The van der Waals surface area contributed by atoms with Gasteiger partial charge in [0.05, 0.1) is 6.10 Å². The van der Waals surface area contributed by atoms with Crippen molar-refractivity contribution in [2.24, 2.45) is 0 Å². The van der Waals surface area contributed by atoms with E-state index in [-0.39, 0.29) is 12.0 Å². The molecule has 1 aliphatic carbocycles. The maximum absolute atomic E-state index is 11.5. The van der Waals surface area contributed by atoms with Crippen molar-refractivity contribution in [1.29, 1.82) is 0 Å². The zero-order chi connectivity index (χ0) is 11.1. The Morgan fingerprint density at radius 2 is 1.93 bits per heavy atom. The lowest BCUT2D eigenvalue weighted by atomic mass is 9.93. The molecule has 0 aromatic heterocycles. The molecule has 0 aromatic rings. The molecule has 3 nitrogen and oxygen atoms in total. The Balaban J connectivity index is 2.09. The van der Waals surface area contributed by atoms with E-state index < -0.39 is 0 Å². The maximum Gasteiger partial charge on any atom is 0.220 e. The van der Waals surface area contributed by atoms with Gasteiger partial charge in [-0.05, 0) is 32.1 Å². The van der Waals surface area contributed by atoms with Gasteiger partial charge in [0.1, 0.15) is 0 Å². The van der Waals surface area contributed by atoms with Gasteiger partial charge in [0.25, 0.3) is 0 Å². The molecule has 0 radical (unpaired) electrons. The van der Waals surface area contributed by atoms with Gasteiger partial charge in [-0.15, -0.1) is 0 Å². The second-order valence-electron chi connectivity index (χ2n) is 4.53. The average Bonchev–Trinajstić information content (AvgIpc) is 2.22. The summed E-state index contributed by atoms with van der Waals surface area (Å²) in [7, 11) is 0. The molecule has 1 rings (SSSR count). The first-order valence-corrected chi connectivity index (χ1v) is 6.19. The predicted octanol–water partition coefficient (Wildman–Crippen LogP) is 1.99. The van der Waals surface area contributed by atoms with Crippen LogP contribution in [0.5, 0.6) is 0 Å². The van der Waals surface area contributed by atoms with E-state index in [0.717, 1.165) is 44.9 Å². The van der Waals surface area contributed by atoms with E-state index in [1.165, 1.54) is 0 Å². The molecule has 1 amide bonds. The Hall–Kier alpha value is -0.570. The Bertz CT molecular complexity index is 186. The molecule has 1 saturated carbocycles. The number of aliphatic hydroxyl groups excluding tert-OH is 1. The van der Waals surface area contributed by atoms with E-state index in [2.05, 4.69) is 12.2 Å². The van der Waals surface area contributed by atoms with Gasteiger partial charge in [0.2, 0.25) is 5.91 Å². The van der Waals surface area contributed by atoms with Crippen LogP contribution in [0.2, 0.25) is 0 Å². The zero-order valence-corrected chi connectivity index (χ0v) is 9.67. The summed E-state index contributed by atoms with van der Waals surface area (Å²) in [6, 6.07) is 0.308. The molecule has 0 aliphatic heterocycles. The van der Waals surface area contributed by atoms with Crippen molar-refractivity contribution in [3.8, 4) is 0 Å². The summed E-state index contributed by atoms with van der Waals surface area (Å²) < 4.78 is 0. The topological polar surface area (TPSA) is 49.3 Å². The maximum atomic E-state index is 11.5. The van der Waals surface area contributed by atoms with Gasteiger partial charge in [-0.1, -0.05) is 19.8 Å². The van der Waals surface area contributed by atoms with Gasteiger partial charge < -0.3 is 10.4 Å². The fraction of sp³-hybridized carbons (Fsp3) is 0.917. The Morgan fingerprint density at radius 3 is 2.53 bits per heavy atom. The standard InChI is InChI=1S/C12H23NO2/c1-2-3-4-5-12(15)13-10-6-8-11(14)9-7-10/h10-11,14H,2-9H2,1H3,(H,13,15). The van der Waals surface area contributed by atoms with Crippen LogP contribution in [0.15, 0.2) is 0 Å². The number of amides is 1. The fourth-order valence-electron chi connectivity index (χ4n) is 2.06. The summed E-state index contributed by atoms with van der Waals surface area (Å²) in [5, 5.41) is 12.4. The molecule has 0 aromatic carbocycles. The average molecular weight is 213 g/mol. The van der Waals surface area contributed by atoms with Crippen molar-refractivity contribution >= 4 is 5.91 Å². The van der Waals surface area contributed by atoms with Crippen LogP contribution >= 0.6 is 0 Å². The number of hydrogen-bond acceptors (Lipinski definition) is 2. The second-order valence-corrected chi connectivity index (χ2v) is 4.53. The smallest absolute Gasteiger partial charge is 0.220 e. The molecule has 15 heavy (non-hydrogen) atoms. The minimum Gasteiger partial charge on any atom is -0.393 e. The van der Waals surface area contributed by atoms with Gasteiger partial charge in [-0.2, -0.15) is 0 Å². The molecular formula is C12H23NO2. The van der Waals surface area contributed by atoms with Crippen LogP contribution in [0.1, 0.15) is 58.3 Å². The minimum atomic E-state index is -0.141. The van der Waals surface area contributed by atoms with E-state index in [1.54, 1.807) is 0 Å². The third kappa shape index (κ3) is 5.17. The van der Waals surface area contributed by atoms with Crippen LogP contribution in [0.3, 0.4) is 0 Å². The summed E-state index contributed by atoms with van der Waals surface area (Å²) in [6.45, 7) is 2.14. The monoisotopic (exact) mass is 213 g/mol. The van der Waals surface area contributed by atoms with Crippen LogP contribution in [0.4, 0.5) is 0 Å². The van der Waals surface area contributed by atoms with Crippen LogP contribution in [0.25, 0.3) is 0 Å². The van der Waals surface area contributed by atoms with Gasteiger partial charge >= 0.3 is 0 Å². The summed E-state index contributed by atoms with van der Waals surface area (Å²) in [4.78, 5) is 11.5. The minimum absolute atomic E-state index is 0.141. The Kier molecular flexibility index (Phi) is 5.69. The van der Waals surface area contributed by atoms with Crippen molar-refractivity contribution < 1.29 is 9.90 Å². The highest BCUT2D eigenvalue weighted by Gasteiger charge is 2.20. The summed E-state index contributed by atoms with van der Waals surface area (Å²) in [6.07, 6.45) is 7.34. The molecule has 1 aliphatic rings. The van der Waals surface area contributed by atoms with E-state index in [9.17, 15) is 9.90 Å². The van der Waals surface area contributed by atoms with E-state index >= 15 is 0 Å². The van der Waals surface area contributed by atoms with Gasteiger partial charge in [-0.3, -0.25) is 4.79 Å². The van der Waals surface area contributed by atoms with Crippen LogP contribution in [0, 0.1) is 0 Å². The molecule has 0 bridgehead atoms. The largest absolute Gasteiger partial charge is 0.393 e. The molecule has 0 atom stereocenters. The predicted molar refractivity (Wildman–Crippen MR) is 60.5 cm³/mol. The highest BCUT2D eigenvalue weighted by Crippen LogP contribution is 2.18. The molecule has 0 saturated heterocycles. The molecule has 2 N–H and O–H groups in total. The number of nitrogens with one attached hydrogen (secondary N) is 1. The highest BCUT2D eigenvalue weighted by atomic mass is 16.3. The zero-order valence-electron chi connectivity index (χ0n) is 9.67. The van der Waals surface area contributed by atoms with E-state index in [1.807, 2.05) is 0 Å². The molecule has 88 valence electrons. The van der Waals surface area contributed by atoms with E-state index in [4.69, 9.17) is 0 Å². The molecule has 0 heterocycles. The number of hydrogen-bond donors (Lipinski definition) is 2. The van der Waals surface area contributed by atoms with Crippen molar-refractivity contribution in [3.05, 3.63) is 0 Å². The van der Waals surface area contributed by atoms with Crippen molar-refractivity contribution in [2.75, 3.05) is 0 Å². The number of carbonyl (C=O) groups excluding carboxylic acids is 1. The SMILES string of the molecule is CCCCCC(=O)NC1CCC(O)CC1. The normalized spacial score (nSPS) is 26.3. The van der Waals surface area contributed by atoms with Crippen molar-refractivity contribution in [1.82, 2.24) is 5.32 Å². The molecule has 0 unspecified atom stereocenters. The Morgan fingerprint density at radius 1 is 1.27 bits per heavy atom. The van der Waals surface area contributed by atoms with Gasteiger partial charge in [0, 0.05) is 12.5 Å². The molecular weight excluding hydrogens is 190 g/mol. The van der Waals surface area contributed by atoms with Crippen molar-refractivity contribution in [3.63, 3.8) is 0 Å². The van der Waals surface area contributed by atoms with Crippen LogP contribution in [-0.4, -0.2) is 23.2 Å². The van der Waals surface area contributed by atoms with Crippen LogP contribution < -0.4 is 5.32 Å². The number of rotatable bonds is 5.